The van der Waals surface area contributed by atoms with E-state index in [0.29, 0.717) is 23.3 Å². The van der Waals surface area contributed by atoms with Gasteiger partial charge in [-0.1, -0.05) is 51.9 Å². The second kappa shape index (κ2) is 14.5. The Balaban J connectivity index is 1.11. The first-order valence-electron chi connectivity index (χ1n) is 21.0. The van der Waals surface area contributed by atoms with Gasteiger partial charge in [-0.2, -0.15) is 4.98 Å². The summed E-state index contributed by atoms with van der Waals surface area (Å²) in [5, 5.41) is 15.1. The Morgan fingerprint density at radius 1 is 1.04 bits per heavy atom. The molecule has 56 heavy (non-hydrogen) atoms. The van der Waals surface area contributed by atoms with E-state index in [1.165, 1.54) is 10.8 Å². The number of carbonyl (C=O) groups is 2. The topological polar surface area (TPSA) is 175 Å². The molecule has 2 heterocycles. The molecule has 13 nitrogen and oxygen atoms in total. The summed E-state index contributed by atoms with van der Waals surface area (Å²) in [4.78, 5) is 46.7. The van der Waals surface area contributed by atoms with Gasteiger partial charge in [0.05, 0.1) is 24.2 Å². The van der Waals surface area contributed by atoms with Crippen molar-refractivity contribution < 1.29 is 33.6 Å². The maximum atomic E-state index is 14.7. The minimum Gasteiger partial charge on any atom is -0.462 e. The van der Waals surface area contributed by atoms with Crippen LogP contribution in [-0.2, 0) is 19.0 Å². The van der Waals surface area contributed by atoms with Crippen LogP contribution in [0.2, 0.25) is 0 Å². The summed E-state index contributed by atoms with van der Waals surface area (Å²) in [5.41, 5.74) is 9.84. The molecule has 5 aliphatic carbocycles. The molecule has 7 rings (SSSR count). The fourth-order valence-corrected chi connectivity index (χ4v) is 14.1. The van der Waals surface area contributed by atoms with Gasteiger partial charge in [0.1, 0.15) is 18.9 Å². The highest BCUT2D eigenvalue weighted by atomic mass is 16.7. The average Bonchev–Trinajstić information content (AvgIpc) is 3.73. The third-order valence-corrected chi connectivity index (χ3v) is 17.1. The van der Waals surface area contributed by atoms with E-state index in [1.807, 2.05) is 0 Å². The lowest BCUT2D eigenvalue weighted by Crippen LogP contribution is -2.67. The summed E-state index contributed by atoms with van der Waals surface area (Å²) in [6, 6.07) is -0.687. The van der Waals surface area contributed by atoms with Crippen LogP contribution in [0.15, 0.2) is 28.3 Å². The van der Waals surface area contributed by atoms with Gasteiger partial charge in [-0.25, -0.2) is 9.59 Å². The molecule has 1 aromatic rings. The first-order valence-corrected chi connectivity index (χ1v) is 21.0. The summed E-state index contributed by atoms with van der Waals surface area (Å²) < 4.78 is 23.7. The number of hydrogen-bond acceptors (Lipinski definition) is 10. The van der Waals surface area contributed by atoms with E-state index in [0.717, 1.165) is 69.8 Å². The number of aryl methyl sites for hydroxylation is 1. The molecule has 5 saturated carbocycles. The van der Waals surface area contributed by atoms with Gasteiger partial charge in [0, 0.05) is 23.1 Å². The van der Waals surface area contributed by atoms with Crippen LogP contribution in [-0.4, -0.2) is 58.2 Å². The first-order chi connectivity index (χ1) is 26.4. The van der Waals surface area contributed by atoms with Crippen molar-refractivity contribution >= 4 is 12.1 Å². The molecule has 1 unspecified atom stereocenters. The van der Waals surface area contributed by atoms with Crippen molar-refractivity contribution in [2.45, 2.75) is 150 Å². The highest BCUT2D eigenvalue weighted by Crippen LogP contribution is 2.77. The number of nitrogens with zero attached hydrogens (tertiary/aromatic N) is 5. The minimum atomic E-state index is -0.961. The summed E-state index contributed by atoms with van der Waals surface area (Å²) in [7, 11) is 0. The third-order valence-electron chi connectivity index (χ3n) is 17.1. The van der Waals surface area contributed by atoms with Gasteiger partial charge >= 0.3 is 17.8 Å². The van der Waals surface area contributed by atoms with Gasteiger partial charge in [0.15, 0.2) is 0 Å². The smallest absolute Gasteiger partial charge is 0.462 e. The molecule has 1 aromatic heterocycles. The summed E-state index contributed by atoms with van der Waals surface area (Å²) in [6.45, 7) is 22.1. The predicted molar refractivity (Wildman–Crippen MR) is 208 cm³/mol. The zero-order chi connectivity index (χ0) is 40.6. The van der Waals surface area contributed by atoms with Crippen LogP contribution in [0.4, 0.5) is 4.79 Å². The molecule has 0 spiro atoms. The number of hydrogen-bond donors (Lipinski definition) is 1. The van der Waals surface area contributed by atoms with Gasteiger partial charge in [-0.3, -0.25) is 9.36 Å². The molecule has 1 aliphatic heterocycles. The van der Waals surface area contributed by atoms with E-state index < -0.39 is 35.6 Å². The minimum absolute atomic E-state index is 0.0430. The normalized spacial score (nSPS) is 42.2. The molecule has 0 bridgehead atoms. The SMILES string of the molecule is C=C(C)[C@@H]1CC[C@]2(C(=O)OC[C@H]3OC(n4cc(C)c(OC(=O)OCC)nc4=O)C[C@@H]3N=[N+]=[N-])CC[C@]3(C)[C@H](CC[C@@H]4[C@@]5(C)CC[C@H](O)C(C)(C)[C@@H]5CC[C@]43C)[C@@H]12. The van der Waals surface area contributed by atoms with Gasteiger partial charge < -0.3 is 24.1 Å². The Morgan fingerprint density at radius 2 is 1.79 bits per heavy atom. The molecule has 6 fully saturated rings. The van der Waals surface area contributed by atoms with Crippen molar-refractivity contribution in [3.8, 4) is 5.88 Å². The molecule has 0 radical (unpaired) electrons. The molecule has 1 N–H and O–H groups in total. The van der Waals surface area contributed by atoms with Crippen LogP contribution >= 0.6 is 0 Å². The van der Waals surface area contributed by atoms with Crippen LogP contribution in [0.25, 0.3) is 10.4 Å². The Kier molecular flexibility index (Phi) is 10.5. The summed E-state index contributed by atoms with van der Waals surface area (Å²) in [6.07, 6.45) is 8.60. The lowest BCUT2D eigenvalue weighted by Gasteiger charge is -2.72. The number of aromatic nitrogens is 2. The molecule has 13 heteroatoms. The van der Waals surface area contributed by atoms with Crippen molar-refractivity contribution in [2.75, 3.05) is 13.2 Å². The Labute approximate surface area is 330 Å². The quantitative estimate of drug-likeness (QED) is 0.0891. The Bertz CT molecular complexity index is 1860. The second-order valence-corrected chi connectivity index (χ2v) is 19.7. The lowest BCUT2D eigenvalue weighted by molar-refractivity contribution is -0.249. The number of fused-ring (bicyclic) bond motifs is 7. The van der Waals surface area contributed by atoms with Crippen molar-refractivity contribution in [1.29, 1.82) is 0 Å². The average molecular weight is 778 g/mol. The number of aliphatic hydroxyl groups is 1. The largest absolute Gasteiger partial charge is 0.515 e. The van der Waals surface area contributed by atoms with E-state index in [9.17, 15) is 25.0 Å². The summed E-state index contributed by atoms with van der Waals surface area (Å²) in [5.74, 6) is 1.36. The van der Waals surface area contributed by atoms with Crippen molar-refractivity contribution in [1.82, 2.24) is 9.55 Å². The van der Waals surface area contributed by atoms with Crippen molar-refractivity contribution in [3.63, 3.8) is 0 Å². The van der Waals surface area contributed by atoms with E-state index in [4.69, 9.17) is 18.9 Å². The number of carbonyl (C=O) groups excluding carboxylic acids is 2. The highest BCUT2D eigenvalue weighted by molar-refractivity contribution is 5.78. The standard InChI is InChI=1S/C43H63N5O8/c1-10-53-38(52)56-35-25(4)22-48(37(51)45-35)33-21-28(46-47-44)29(55-33)23-54-36(50)43-18-13-26(24(2)3)34(43)27-11-12-31-40(7)16-15-32(49)39(5,6)30(40)14-17-42(31,9)41(27,8)19-20-43/h22,26-34,49H,2,10-21,23H2,1,3-9H3/t26-,27+,28-,29+,30-,31+,32-,33?,34+,40-,41+,42+,43-/m0/s1. The van der Waals surface area contributed by atoms with Crippen molar-refractivity contribution in [3.05, 3.63) is 44.8 Å². The highest BCUT2D eigenvalue weighted by Gasteiger charge is 2.72. The zero-order valence-electron chi connectivity index (χ0n) is 34.7. The first kappa shape index (κ1) is 40.8. The molecule has 1 saturated heterocycles. The van der Waals surface area contributed by atoms with E-state index in [2.05, 4.69) is 63.1 Å². The van der Waals surface area contributed by atoms with Crippen LogP contribution in [0.5, 0.6) is 5.88 Å². The molecule has 13 atom stereocenters. The predicted octanol–water partition coefficient (Wildman–Crippen LogP) is 8.62. The van der Waals surface area contributed by atoms with Gasteiger partial charge in [-0.05, 0) is 142 Å². The van der Waals surface area contributed by atoms with Crippen molar-refractivity contribution in [2.24, 2.45) is 61.8 Å². The third kappa shape index (κ3) is 6.12. The van der Waals surface area contributed by atoms with E-state index >= 15 is 0 Å². The lowest BCUT2D eigenvalue weighted by atomic mass is 9.32. The monoisotopic (exact) mass is 777 g/mol. The molecule has 0 aromatic carbocycles. The maximum absolute atomic E-state index is 14.7. The van der Waals surface area contributed by atoms with Crippen LogP contribution < -0.4 is 10.4 Å². The number of allylic oxidation sites excluding steroid dienone is 1. The fourth-order valence-electron chi connectivity index (χ4n) is 14.1. The van der Waals surface area contributed by atoms with Crippen LogP contribution in [0.1, 0.15) is 131 Å². The molecule has 6 aliphatic rings. The van der Waals surface area contributed by atoms with Gasteiger partial charge in [-0.15, -0.1) is 0 Å². The zero-order valence-corrected chi connectivity index (χ0v) is 34.7. The van der Waals surface area contributed by atoms with E-state index in [1.54, 1.807) is 13.8 Å². The fraction of sp³-hybridized carbons (Fsp3) is 0.814. The van der Waals surface area contributed by atoms with E-state index in [-0.39, 0.29) is 71.1 Å². The Morgan fingerprint density at radius 3 is 2.48 bits per heavy atom. The molecular formula is C43H63N5O8. The number of aliphatic hydroxyl groups excluding tert-OH is 1. The maximum Gasteiger partial charge on any atom is 0.515 e. The summed E-state index contributed by atoms with van der Waals surface area (Å²) >= 11 is 0. The number of esters is 1. The number of ether oxygens (including phenoxy) is 4. The molecule has 308 valence electrons. The number of rotatable bonds is 8. The number of azide groups is 1. The van der Waals surface area contributed by atoms with Crippen LogP contribution in [0, 0.1) is 63.6 Å². The van der Waals surface area contributed by atoms with Gasteiger partial charge in [0.2, 0.25) is 5.88 Å². The van der Waals surface area contributed by atoms with Gasteiger partial charge in [0.25, 0.3) is 0 Å². The van der Waals surface area contributed by atoms with Crippen LogP contribution in [0.3, 0.4) is 0 Å². The molecule has 0 amide bonds. The molecular weight excluding hydrogens is 714 g/mol. The Hall–Kier alpha value is -3.41. The second-order valence-electron chi connectivity index (χ2n) is 19.7.